The first-order valence-electron chi connectivity index (χ1n) is 12.0. The second-order valence-electron chi connectivity index (χ2n) is 9.48. The lowest BCUT2D eigenvalue weighted by Crippen LogP contribution is -2.54. The van der Waals surface area contributed by atoms with Gasteiger partial charge in [-0.3, -0.25) is 19.0 Å². The number of nitrogens with one attached hydrogen (secondary N) is 1. The van der Waals surface area contributed by atoms with Crippen LogP contribution in [0.2, 0.25) is 0 Å². The third-order valence-corrected chi connectivity index (χ3v) is 7.49. The maximum Gasteiger partial charge on any atom is 0.333 e. The highest BCUT2D eigenvalue weighted by atomic mass is 32.1. The van der Waals surface area contributed by atoms with Gasteiger partial charge in [-0.2, -0.15) is 0 Å². The normalized spacial score (nSPS) is 12.6. The predicted octanol–water partition coefficient (Wildman–Crippen LogP) is 2.68. The topological polar surface area (TPSA) is 135 Å². The van der Waals surface area contributed by atoms with Crippen molar-refractivity contribution in [3.05, 3.63) is 61.1 Å². The third kappa shape index (κ3) is 5.19. The first-order chi connectivity index (χ1) is 17.4. The number of primary amides is 1. The van der Waals surface area contributed by atoms with Gasteiger partial charge in [-0.25, -0.2) is 9.36 Å². The molecule has 3 N–H and O–H groups in total. The lowest BCUT2D eigenvalue weighted by atomic mass is 10.0. The number of amides is 2. The van der Waals surface area contributed by atoms with Crippen LogP contribution >= 0.6 is 11.3 Å². The number of para-hydroxylation sites is 1. The summed E-state index contributed by atoms with van der Waals surface area (Å²) in [6.45, 7) is 10.5. The number of methoxy groups -OCH3 is 1. The van der Waals surface area contributed by atoms with E-state index in [2.05, 4.69) is 5.32 Å². The summed E-state index contributed by atoms with van der Waals surface area (Å²) in [5, 5.41) is 2.93. The molecule has 0 saturated carbocycles. The molecule has 0 unspecified atom stereocenters. The summed E-state index contributed by atoms with van der Waals surface area (Å²) in [6.07, 6.45) is -0.736. The Morgan fingerprint density at radius 3 is 2.41 bits per heavy atom. The van der Waals surface area contributed by atoms with Crippen LogP contribution in [0.25, 0.3) is 10.2 Å². The van der Waals surface area contributed by atoms with Crippen molar-refractivity contribution >= 4 is 33.4 Å². The van der Waals surface area contributed by atoms with Gasteiger partial charge in [0.05, 0.1) is 22.9 Å². The van der Waals surface area contributed by atoms with E-state index in [0.29, 0.717) is 33.1 Å². The van der Waals surface area contributed by atoms with E-state index >= 15 is 0 Å². The fourth-order valence-electron chi connectivity index (χ4n) is 4.14. The van der Waals surface area contributed by atoms with Gasteiger partial charge in [0.1, 0.15) is 22.2 Å². The Labute approximate surface area is 219 Å². The Bertz CT molecular complexity index is 1450. The molecule has 2 aromatic heterocycles. The van der Waals surface area contributed by atoms with Crippen LogP contribution < -0.4 is 27.0 Å². The molecular formula is C26H34N4O6S. The van der Waals surface area contributed by atoms with E-state index in [0.717, 1.165) is 15.9 Å². The molecule has 0 radical (unpaired) electrons. The number of ether oxygens (including phenoxy) is 2. The van der Waals surface area contributed by atoms with E-state index in [1.165, 1.54) is 25.5 Å². The van der Waals surface area contributed by atoms with Gasteiger partial charge < -0.3 is 20.5 Å². The van der Waals surface area contributed by atoms with Gasteiger partial charge in [0, 0.05) is 19.2 Å². The molecule has 11 heteroatoms. The Kier molecular flexibility index (Phi) is 8.28. The zero-order chi connectivity index (χ0) is 27.7. The largest absolute Gasteiger partial charge is 0.491 e. The third-order valence-electron chi connectivity index (χ3n) is 6.18. The minimum atomic E-state index is -1.62. The molecule has 200 valence electrons. The molecule has 0 aliphatic heterocycles. The zero-order valence-electron chi connectivity index (χ0n) is 22.2. The Balaban J connectivity index is 2.35. The average molecular weight is 531 g/mol. The van der Waals surface area contributed by atoms with Gasteiger partial charge in [0.2, 0.25) is 5.91 Å². The van der Waals surface area contributed by atoms with Crippen LogP contribution in [0.3, 0.4) is 0 Å². The number of thiophene rings is 1. The molecule has 0 spiro atoms. The van der Waals surface area contributed by atoms with Crippen LogP contribution in [0.1, 0.15) is 61.5 Å². The minimum Gasteiger partial charge on any atom is -0.491 e. The van der Waals surface area contributed by atoms with Crippen LogP contribution in [0.15, 0.2) is 33.9 Å². The number of nitrogens with two attached hydrogens (primary N) is 1. The molecule has 3 aromatic rings. The average Bonchev–Trinajstić information content (AvgIpc) is 3.17. The first kappa shape index (κ1) is 28.1. The van der Waals surface area contributed by atoms with Gasteiger partial charge >= 0.3 is 5.69 Å². The Hall–Kier alpha value is -3.44. The molecule has 2 heterocycles. The second kappa shape index (κ2) is 10.9. The smallest absolute Gasteiger partial charge is 0.333 e. The van der Waals surface area contributed by atoms with E-state index in [1.807, 2.05) is 38.1 Å². The number of hydrogen-bond acceptors (Lipinski definition) is 7. The highest BCUT2D eigenvalue weighted by molar-refractivity contribution is 7.20. The minimum absolute atomic E-state index is 0.00574. The van der Waals surface area contributed by atoms with E-state index in [1.54, 1.807) is 13.8 Å². The van der Waals surface area contributed by atoms with Gasteiger partial charge in [0.25, 0.3) is 11.5 Å². The van der Waals surface area contributed by atoms with Gasteiger partial charge in [-0.15, -0.1) is 11.3 Å². The summed E-state index contributed by atoms with van der Waals surface area (Å²) < 4.78 is 14.0. The molecule has 0 saturated heterocycles. The monoisotopic (exact) mass is 530 g/mol. The molecule has 1 atom stereocenters. The molecular weight excluding hydrogens is 496 g/mol. The van der Waals surface area contributed by atoms with Crippen molar-refractivity contribution in [3.63, 3.8) is 0 Å². The molecule has 0 aliphatic carbocycles. The number of fused-ring (bicyclic) bond motifs is 1. The molecule has 37 heavy (non-hydrogen) atoms. The first-order valence-corrected chi connectivity index (χ1v) is 12.8. The number of benzene rings is 1. The number of nitrogens with zero attached hydrogens (tertiary/aromatic N) is 2. The predicted molar refractivity (Wildman–Crippen MR) is 144 cm³/mol. The molecule has 2 amide bonds. The standard InChI is InChI=1S/C26H34N4O6S/c1-8-28-21(31)20-15(4)19-22(32)30(26(5,6)24(27)33)25(34)29(23(19)37-20)13-18(35-7)16-11-9-10-12-17(16)36-14(2)3/h9-12,14,18H,8,13H2,1-7H3,(H2,27,33)(H,28,31)/t18-/m0/s1. The number of carbonyl (C=O) groups excluding carboxylic acids is 2. The Morgan fingerprint density at radius 2 is 1.84 bits per heavy atom. The van der Waals surface area contributed by atoms with E-state index in [-0.39, 0.29) is 23.9 Å². The fourth-order valence-corrected chi connectivity index (χ4v) is 5.36. The van der Waals surface area contributed by atoms with E-state index in [4.69, 9.17) is 15.2 Å². The highest BCUT2D eigenvalue weighted by Crippen LogP contribution is 2.33. The summed E-state index contributed by atoms with van der Waals surface area (Å²) in [5.41, 5.74) is 3.71. The van der Waals surface area contributed by atoms with Crippen molar-refractivity contribution in [1.82, 2.24) is 14.5 Å². The summed E-state index contributed by atoms with van der Waals surface area (Å²) in [7, 11) is 1.52. The molecule has 3 rings (SSSR count). The van der Waals surface area contributed by atoms with E-state index in [9.17, 15) is 19.2 Å². The maximum absolute atomic E-state index is 13.9. The van der Waals surface area contributed by atoms with Crippen molar-refractivity contribution in [2.24, 2.45) is 5.73 Å². The summed E-state index contributed by atoms with van der Waals surface area (Å²) in [5.74, 6) is -0.586. The molecule has 0 bridgehead atoms. The van der Waals surface area contributed by atoms with Gasteiger partial charge in [0.15, 0.2) is 0 Å². The quantitative estimate of drug-likeness (QED) is 0.414. The highest BCUT2D eigenvalue weighted by Gasteiger charge is 2.34. The van der Waals surface area contributed by atoms with Crippen molar-refractivity contribution in [2.45, 2.75) is 65.8 Å². The zero-order valence-corrected chi connectivity index (χ0v) is 23.0. The number of aryl methyl sites for hydroxylation is 1. The lowest BCUT2D eigenvalue weighted by Gasteiger charge is -2.26. The van der Waals surface area contributed by atoms with Gasteiger partial charge in [-0.1, -0.05) is 18.2 Å². The van der Waals surface area contributed by atoms with E-state index < -0.39 is 28.8 Å². The van der Waals surface area contributed by atoms with Gasteiger partial charge in [-0.05, 0) is 53.2 Å². The van der Waals surface area contributed by atoms with Crippen LogP contribution in [-0.2, 0) is 21.6 Å². The van der Waals surface area contributed by atoms with Crippen molar-refractivity contribution in [2.75, 3.05) is 13.7 Å². The fraction of sp³-hybridized carbons (Fsp3) is 0.462. The summed E-state index contributed by atoms with van der Waals surface area (Å²) >= 11 is 1.05. The maximum atomic E-state index is 13.9. The number of carbonyl (C=O) groups is 2. The molecule has 0 aliphatic rings. The Morgan fingerprint density at radius 1 is 1.19 bits per heavy atom. The summed E-state index contributed by atoms with van der Waals surface area (Å²) in [6, 6.07) is 7.35. The van der Waals surface area contributed by atoms with Crippen LogP contribution in [0.5, 0.6) is 5.75 Å². The number of hydrogen-bond donors (Lipinski definition) is 2. The van der Waals surface area contributed by atoms with Crippen LogP contribution in [-0.4, -0.2) is 40.7 Å². The number of rotatable bonds is 10. The molecule has 0 fully saturated rings. The molecule has 10 nitrogen and oxygen atoms in total. The van der Waals surface area contributed by atoms with Crippen molar-refractivity contribution < 1.29 is 19.1 Å². The van der Waals surface area contributed by atoms with Crippen molar-refractivity contribution in [3.8, 4) is 5.75 Å². The van der Waals surface area contributed by atoms with Crippen LogP contribution in [0.4, 0.5) is 0 Å². The second-order valence-corrected chi connectivity index (χ2v) is 10.5. The lowest BCUT2D eigenvalue weighted by molar-refractivity contribution is -0.125. The SMILES string of the molecule is CCNC(=O)c1sc2c(c1C)c(=O)n(C(C)(C)C(N)=O)c(=O)n2C[C@H](OC)c1ccccc1OC(C)C. The van der Waals surface area contributed by atoms with Crippen molar-refractivity contribution in [1.29, 1.82) is 0 Å². The molecule has 1 aromatic carbocycles. The summed E-state index contributed by atoms with van der Waals surface area (Å²) in [4.78, 5) is 53.2. The number of aromatic nitrogens is 2. The van der Waals surface area contributed by atoms with Crippen LogP contribution in [0, 0.1) is 6.92 Å².